The fourth-order valence-electron chi connectivity index (χ4n) is 1.85. The first-order chi connectivity index (χ1) is 5.33. The van der Waals surface area contributed by atoms with Gasteiger partial charge in [0.05, 0.1) is 6.04 Å². The predicted molar refractivity (Wildman–Crippen MR) is 42.1 cm³/mol. The van der Waals surface area contributed by atoms with Gasteiger partial charge in [0.15, 0.2) is 0 Å². The fraction of sp³-hybridized carbons (Fsp3) is 0.625. The Morgan fingerprint density at radius 1 is 1.73 bits per heavy atom. The van der Waals surface area contributed by atoms with Crippen LogP contribution >= 0.6 is 0 Å². The van der Waals surface area contributed by atoms with Gasteiger partial charge in [-0.1, -0.05) is 6.58 Å². The number of nitrogens with zero attached hydrogens (tertiary/aromatic N) is 1. The number of rotatable bonds is 1. The average Bonchev–Trinajstić information content (AvgIpc) is 2.25. The normalized spacial score (nSPS) is 34.4. The van der Waals surface area contributed by atoms with Gasteiger partial charge in [-0.05, 0) is 12.5 Å². The molecule has 11 heavy (non-hydrogen) atoms. The second-order valence-electron chi connectivity index (χ2n) is 3.11. The Labute approximate surface area is 66.1 Å². The van der Waals surface area contributed by atoms with Crippen molar-refractivity contribution in [2.75, 3.05) is 13.1 Å². The maximum Gasteiger partial charge on any atom is 0.246 e. The standard InChI is InChI=1S/C8H12N2O/c1-2-8(11)10-4-3-6-7(10)5-9-6/h2,6-7,9H,1,3-5H2/t6-,7-/m1/s1. The number of fused-ring (bicyclic) bond motifs is 1. The zero-order valence-corrected chi connectivity index (χ0v) is 6.42. The predicted octanol–water partition coefficient (Wildman–Crippen LogP) is -0.255. The Kier molecular flexibility index (Phi) is 1.46. The summed E-state index contributed by atoms with van der Waals surface area (Å²) in [4.78, 5) is 13.1. The second kappa shape index (κ2) is 2.34. The van der Waals surface area contributed by atoms with Crippen molar-refractivity contribution in [2.45, 2.75) is 18.5 Å². The number of carbonyl (C=O) groups excluding carboxylic acids is 1. The molecule has 0 spiro atoms. The van der Waals surface area contributed by atoms with Gasteiger partial charge in [0, 0.05) is 19.1 Å². The van der Waals surface area contributed by atoms with E-state index in [1.54, 1.807) is 0 Å². The van der Waals surface area contributed by atoms with Gasteiger partial charge in [-0.25, -0.2) is 0 Å². The zero-order chi connectivity index (χ0) is 7.84. The minimum Gasteiger partial charge on any atom is -0.333 e. The number of nitrogens with one attached hydrogen (secondary N) is 1. The van der Waals surface area contributed by atoms with Crippen molar-refractivity contribution in [2.24, 2.45) is 0 Å². The Hall–Kier alpha value is -0.830. The maximum absolute atomic E-state index is 11.2. The number of hydrogen-bond donors (Lipinski definition) is 1. The lowest BCUT2D eigenvalue weighted by Crippen LogP contribution is -2.60. The molecule has 0 aromatic heterocycles. The molecule has 0 aliphatic carbocycles. The lowest BCUT2D eigenvalue weighted by atomic mass is 10.0. The summed E-state index contributed by atoms with van der Waals surface area (Å²) in [6, 6.07) is 1.03. The molecule has 60 valence electrons. The van der Waals surface area contributed by atoms with E-state index in [1.165, 1.54) is 6.08 Å². The fourth-order valence-corrected chi connectivity index (χ4v) is 1.85. The van der Waals surface area contributed by atoms with Crippen LogP contribution in [0.15, 0.2) is 12.7 Å². The summed E-state index contributed by atoms with van der Waals surface area (Å²) in [5.74, 6) is 0.0824. The van der Waals surface area contributed by atoms with E-state index in [-0.39, 0.29) is 5.91 Å². The lowest BCUT2D eigenvalue weighted by molar-refractivity contribution is -0.127. The summed E-state index contributed by atoms with van der Waals surface area (Å²) < 4.78 is 0. The molecular weight excluding hydrogens is 140 g/mol. The number of amides is 1. The van der Waals surface area contributed by atoms with Crippen LogP contribution in [0, 0.1) is 0 Å². The monoisotopic (exact) mass is 152 g/mol. The minimum atomic E-state index is 0.0824. The molecular formula is C8H12N2O. The van der Waals surface area contributed by atoms with Crippen LogP contribution in [0.4, 0.5) is 0 Å². The van der Waals surface area contributed by atoms with E-state index < -0.39 is 0 Å². The molecule has 0 radical (unpaired) electrons. The van der Waals surface area contributed by atoms with Crippen LogP contribution in [0.3, 0.4) is 0 Å². The summed E-state index contributed by atoms with van der Waals surface area (Å²) in [7, 11) is 0. The van der Waals surface area contributed by atoms with Gasteiger partial charge in [-0.3, -0.25) is 4.79 Å². The first kappa shape index (κ1) is 6.85. The van der Waals surface area contributed by atoms with Gasteiger partial charge >= 0.3 is 0 Å². The SMILES string of the molecule is C=CC(=O)N1CC[C@H]2NC[C@H]21. The van der Waals surface area contributed by atoms with Crippen LogP contribution < -0.4 is 5.32 Å². The van der Waals surface area contributed by atoms with Gasteiger partial charge in [-0.2, -0.15) is 0 Å². The topological polar surface area (TPSA) is 32.3 Å². The molecule has 2 fully saturated rings. The Morgan fingerprint density at radius 3 is 3.00 bits per heavy atom. The largest absolute Gasteiger partial charge is 0.333 e. The average molecular weight is 152 g/mol. The highest BCUT2D eigenvalue weighted by Gasteiger charge is 2.41. The molecule has 2 atom stereocenters. The first-order valence-corrected chi connectivity index (χ1v) is 3.99. The molecule has 2 aliphatic heterocycles. The van der Waals surface area contributed by atoms with Gasteiger partial charge < -0.3 is 10.2 Å². The zero-order valence-electron chi connectivity index (χ0n) is 6.42. The highest BCUT2D eigenvalue weighted by atomic mass is 16.2. The Morgan fingerprint density at radius 2 is 2.55 bits per heavy atom. The maximum atomic E-state index is 11.2. The van der Waals surface area contributed by atoms with Crippen molar-refractivity contribution in [1.29, 1.82) is 0 Å². The molecule has 0 saturated carbocycles. The molecule has 2 rings (SSSR count). The van der Waals surface area contributed by atoms with Crippen molar-refractivity contribution in [3.05, 3.63) is 12.7 Å². The molecule has 3 nitrogen and oxygen atoms in total. The van der Waals surface area contributed by atoms with E-state index in [2.05, 4.69) is 11.9 Å². The van der Waals surface area contributed by atoms with Gasteiger partial charge in [0.2, 0.25) is 5.91 Å². The van der Waals surface area contributed by atoms with E-state index in [9.17, 15) is 4.79 Å². The minimum absolute atomic E-state index is 0.0824. The smallest absolute Gasteiger partial charge is 0.246 e. The Balaban J connectivity index is 2.05. The third-order valence-electron chi connectivity index (χ3n) is 2.59. The molecule has 2 aliphatic rings. The number of hydrogen-bond acceptors (Lipinski definition) is 2. The van der Waals surface area contributed by atoms with Crippen LogP contribution in [0.5, 0.6) is 0 Å². The molecule has 1 amide bonds. The van der Waals surface area contributed by atoms with E-state index in [0.29, 0.717) is 12.1 Å². The van der Waals surface area contributed by atoms with Crippen LogP contribution in [0.2, 0.25) is 0 Å². The highest BCUT2D eigenvalue weighted by Crippen LogP contribution is 2.23. The van der Waals surface area contributed by atoms with Crippen LogP contribution in [-0.2, 0) is 4.79 Å². The van der Waals surface area contributed by atoms with Crippen molar-refractivity contribution < 1.29 is 4.79 Å². The summed E-state index contributed by atoms with van der Waals surface area (Å²) in [5.41, 5.74) is 0. The van der Waals surface area contributed by atoms with E-state index >= 15 is 0 Å². The van der Waals surface area contributed by atoms with Gasteiger partial charge in [-0.15, -0.1) is 0 Å². The molecule has 0 bridgehead atoms. The molecule has 3 heteroatoms. The third kappa shape index (κ3) is 0.878. The van der Waals surface area contributed by atoms with Crippen molar-refractivity contribution in [3.8, 4) is 0 Å². The van der Waals surface area contributed by atoms with Crippen molar-refractivity contribution in [3.63, 3.8) is 0 Å². The molecule has 2 heterocycles. The number of carbonyl (C=O) groups is 1. The second-order valence-corrected chi connectivity index (χ2v) is 3.11. The van der Waals surface area contributed by atoms with Gasteiger partial charge in [0.25, 0.3) is 0 Å². The summed E-state index contributed by atoms with van der Waals surface area (Å²) in [6.07, 6.45) is 2.50. The lowest BCUT2D eigenvalue weighted by Gasteiger charge is -2.36. The summed E-state index contributed by atoms with van der Waals surface area (Å²) in [6.45, 7) is 5.34. The van der Waals surface area contributed by atoms with Crippen LogP contribution in [0.25, 0.3) is 0 Å². The van der Waals surface area contributed by atoms with Crippen LogP contribution in [-0.4, -0.2) is 36.0 Å². The van der Waals surface area contributed by atoms with E-state index in [1.807, 2.05) is 4.90 Å². The van der Waals surface area contributed by atoms with Crippen molar-refractivity contribution in [1.82, 2.24) is 10.2 Å². The molecule has 0 aromatic rings. The summed E-state index contributed by atoms with van der Waals surface area (Å²) >= 11 is 0. The van der Waals surface area contributed by atoms with Crippen molar-refractivity contribution >= 4 is 5.91 Å². The first-order valence-electron chi connectivity index (χ1n) is 3.99. The molecule has 0 aromatic carbocycles. The van der Waals surface area contributed by atoms with E-state index in [4.69, 9.17) is 0 Å². The number of likely N-dealkylation sites (tertiary alicyclic amines) is 1. The third-order valence-corrected chi connectivity index (χ3v) is 2.59. The summed E-state index contributed by atoms with van der Waals surface area (Å²) in [5, 5.41) is 3.29. The van der Waals surface area contributed by atoms with Gasteiger partial charge in [0.1, 0.15) is 0 Å². The van der Waals surface area contributed by atoms with Crippen LogP contribution in [0.1, 0.15) is 6.42 Å². The van der Waals surface area contributed by atoms with E-state index in [0.717, 1.165) is 19.5 Å². The highest BCUT2D eigenvalue weighted by molar-refractivity contribution is 5.87. The molecule has 2 saturated heterocycles. The quantitative estimate of drug-likeness (QED) is 0.525. The molecule has 0 unspecified atom stereocenters. The molecule has 1 N–H and O–H groups in total. The Bertz CT molecular complexity index is 202.